The van der Waals surface area contributed by atoms with Gasteiger partial charge in [-0.05, 0) is 36.2 Å². The minimum atomic E-state index is -0.331. The van der Waals surface area contributed by atoms with Crippen molar-refractivity contribution in [3.63, 3.8) is 0 Å². The van der Waals surface area contributed by atoms with Crippen LogP contribution in [0.1, 0.15) is 29.4 Å². The molecule has 1 heterocycles. The molecule has 0 saturated carbocycles. The number of nitrogens with one attached hydrogen (secondary N) is 1. The van der Waals surface area contributed by atoms with Gasteiger partial charge in [0, 0.05) is 6.54 Å². The zero-order chi connectivity index (χ0) is 18.4. The van der Waals surface area contributed by atoms with Crippen molar-refractivity contribution in [3.8, 4) is 11.4 Å². The lowest BCUT2D eigenvalue weighted by atomic mass is 10.2. The first-order chi connectivity index (χ1) is 12.7. The largest absolute Gasteiger partial charge is 0.485 e. The maximum absolute atomic E-state index is 13.1. The van der Waals surface area contributed by atoms with Crippen LogP contribution >= 0.6 is 0 Å². The molecule has 3 aromatic rings. The Morgan fingerprint density at radius 2 is 1.88 bits per heavy atom. The minimum absolute atomic E-state index is 0.207. The molecule has 0 saturated heterocycles. The van der Waals surface area contributed by atoms with Crippen molar-refractivity contribution in [2.24, 2.45) is 0 Å². The van der Waals surface area contributed by atoms with E-state index in [0.717, 1.165) is 12.0 Å². The molecule has 0 radical (unpaired) electrons. The van der Waals surface area contributed by atoms with E-state index in [1.165, 1.54) is 16.8 Å². The van der Waals surface area contributed by atoms with Gasteiger partial charge < -0.3 is 10.1 Å². The molecule has 0 bridgehead atoms. The monoisotopic (exact) mass is 353 g/mol. The van der Waals surface area contributed by atoms with E-state index < -0.39 is 0 Å². The summed E-state index contributed by atoms with van der Waals surface area (Å²) >= 11 is 0. The lowest BCUT2D eigenvalue weighted by Gasteiger charge is -2.06. The number of carbonyl (C=O) groups is 1. The molecule has 0 spiro atoms. The minimum Gasteiger partial charge on any atom is -0.485 e. The number of hydrogen-bond acceptors (Lipinski definition) is 3. The fourth-order valence-corrected chi connectivity index (χ4v) is 2.40. The highest BCUT2D eigenvalue weighted by Gasteiger charge is 2.19. The SMILES string of the molecule is CCCNC(=O)c1nn(-c2ccc(F)cc2)cc1OCc1ccccc1. The van der Waals surface area contributed by atoms with Crippen LogP contribution in [0.3, 0.4) is 0 Å². The van der Waals surface area contributed by atoms with Gasteiger partial charge in [0.15, 0.2) is 11.4 Å². The van der Waals surface area contributed by atoms with Crippen molar-refractivity contribution < 1.29 is 13.9 Å². The summed E-state index contributed by atoms with van der Waals surface area (Å²) in [4.78, 5) is 12.4. The zero-order valence-corrected chi connectivity index (χ0v) is 14.5. The Morgan fingerprint density at radius 1 is 1.15 bits per heavy atom. The highest BCUT2D eigenvalue weighted by atomic mass is 19.1. The van der Waals surface area contributed by atoms with Crippen LogP contribution in [-0.4, -0.2) is 22.2 Å². The number of ether oxygens (including phenoxy) is 1. The summed E-state index contributed by atoms with van der Waals surface area (Å²) in [5.74, 6) is -0.245. The third-order valence-electron chi connectivity index (χ3n) is 3.76. The van der Waals surface area contributed by atoms with Crippen molar-refractivity contribution in [1.82, 2.24) is 15.1 Å². The topological polar surface area (TPSA) is 56.2 Å². The molecule has 1 aromatic heterocycles. The van der Waals surface area contributed by atoms with E-state index in [-0.39, 0.29) is 17.4 Å². The Labute approximate surface area is 151 Å². The Balaban J connectivity index is 1.86. The van der Waals surface area contributed by atoms with Crippen LogP contribution in [0.4, 0.5) is 4.39 Å². The summed E-state index contributed by atoms with van der Waals surface area (Å²) in [5.41, 5.74) is 1.84. The first-order valence-corrected chi connectivity index (χ1v) is 8.48. The molecule has 5 nitrogen and oxygen atoms in total. The molecule has 3 rings (SSSR count). The second kappa shape index (κ2) is 8.29. The van der Waals surface area contributed by atoms with Crippen molar-refractivity contribution in [2.45, 2.75) is 20.0 Å². The average molecular weight is 353 g/mol. The fourth-order valence-electron chi connectivity index (χ4n) is 2.40. The molecule has 0 atom stereocenters. The predicted octanol–water partition coefficient (Wildman–Crippen LogP) is 3.73. The average Bonchev–Trinajstić information content (AvgIpc) is 3.10. The molecular weight excluding hydrogens is 333 g/mol. The fraction of sp³-hybridized carbons (Fsp3) is 0.200. The normalized spacial score (nSPS) is 10.5. The third-order valence-corrected chi connectivity index (χ3v) is 3.76. The molecule has 0 aliphatic rings. The van der Waals surface area contributed by atoms with Gasteiger partial charge in [0.1, 0.15) is 12.4 Å². The first kappa shape index (κ1) is 17.7. The van der Waals surface area contributed by atoms with Crippen LogP contribution in [0.5, 0.6) is 5.75 Å². The maximum atomic E-state index is 13.1. The summed E-state index contributed by atoms with van der Waals surface area (Å²) in [6.07, 6.45) is 2.46. The molecular formula is C20H20FN3O2. The number of nitrogens with zero attached hydrogens (tertiary/aromatic N) is 2. The number of aromatic nitrogens is 2. The van der Waals surface area contributed by atoms with E-state index in [2.05, 4.69) is 10.4 Å². The highest BCUT2D eigenvalue weighted by molar-refractivity contribution is 5.94. The van der Waals surface area contributed by atoms with Gasteiger partial charge in [-0.3, -0.25) is 4.79 Å². The van der Waals surface area contributed by atoms with Gasteiger partial charge >= 0.3 is 0 Å². The summed E-state index contributed by atoms with van der Waals surface area (Å²) < 4.78 is 20.5. The Kier molecular flexibility index (Phi) is 5.63. The number of hydrogen-bond donors (Lipinski definition) is 1. The van der Waals surface area contributed by atoms with Crippen LogP contribution in [-0.2, 0) is 6.61 Å². The molecule has 0 aliphatic heterocycles. The molecule has 0 unspecified atom stereocenters. The maximum Gasteiger partial charge on any atom is 0.275 e. The van der Waals surface area contributed by atoms with Gasteiger partial charge in [-0.15, -0.1) is 0 Å². The summed E-state index contributed by atoms with van der Waals surface area (Å²) in [5, 5.41) is 7.14. The van der Waals surface area contributed by atoms with E-state index in [9.17, 15) is 9.18 Å². The quantitative estimate of drug-likeness (QED) is 0.704. The second-order valence-electron chi connectivity index (χ2n) is 5.79. The van der Waals surface area contributed by atoms with Gasteiger partial charge in [0.05, 0.1) is 11.9 Å². The molecule has 134 valence electrons. The van der Waals surface area contributed by atoms with Gasteiger partial charge in [0.25, 0.3) is 5.91 Å². The van der Waals surface area contributed by atoms with E-state index >= 15 is 0 Å². The van der Waals surface area contributed by atoms with E-state index in [1.54, 1.807) is 18.3 Å². The van der Waals surface area contributed by atoms with Crippen molar-refractivity contribution >= 4 is 5.91 Å². The predicted molar refractivity (Wildman–Crippen MR) is 96.9 cm³/mol. The van der Waals surface area contributed by atoms with Gasteiger partial charge in [-0.25, -0.2) is 9.07 Å². The number of carbonyl (C=O) groups excluding carboxylic acids is 1. The van der Waals surface area contributed by atoms with Crippen LogP contribution in [0.2, 0.25) is 0 Å². The number of amides is 1. The summed E-state index contributed by atoms with van der Waals surface area (Å²) in [6, 6.07) is 15.6. The Morgan fingerprint density at radius 3 is 2.58 bits per heavy atom. The lowest BCUT2D eigenvalue weighted by molar-refractivity contribution is 0.0944. The van der Waals surface area contributed by atoms with Crippen LogP contribution in [0, 0.1) is 5.82 Å². The van der Waals surface area contributed by atoms with Crippen molar-refractivity contribution in [3.05, 3.63) is 77.9 Å². The summed E-state index contributed by atoms with van der Waals surface area (Å²) in [6.45, 7) is 2.86. The number of rotatable bonds is 7. The number of halogens is 1. The van der Waals surface area contributed by atoms with E-state index in [4.69, 9.17) is 4.74 Å². The van der Waals surface area contributed by atoms with E-state index in [1.807, 2.05) is 37.3 Å². The van der Waals surface area contributed by atoms with Crippen LogP contribution < -0.4 is 10.1 Å². The zero-order valence-electron chi connectivity index (χ0n) is 14.5. The van der Waals surface area contributed by atoms with Crippen molar-refractivity contribution in [2.75, 3.05) is 6.54 Å². The molecule has 26 heavy (non-hydrogen) atoms. The standard InChI is InChI=1S/C20H20FN3O2/c1-2-12-22-20(25)19-18(26-14-15-6-4-3-5-7-15)13-24(23-19)17-10-8-16(21)9-11-17/h3-11,13H,2,12,14H2,1H3,(H,22,25). The molecule has 0 fully saturated rings. The summed E-state index contributed by atoms with van der Waals surface area (Å²) in [7, 11) is 0. The van der Waals surface area contributed by atoms with Crippen molar-refractivity contribution in [1.29, 1.82) is 0 Å². The van der Waals surface area contributed by atoms with Crippen LogP contribution in [0.15, 0.2) is 60.8 Å². The highest BCUT2D eigenvalue weighted by Crippen LogP contribution is 2.21. The Hall–Kier alpha value is -3.15. The van der Waals surface area contributed by atoms with Gasteiger partial charge in [-0.1, -0.05) is 37.3 Å². The molecule has 1 amide bonds. The molecule has 1 N–H and O–H groups in total. The number of benzene rings is 2. The van der Waals surface area contributed by atoms with E-state index in [0.29, 0.717) is 24.6 Å². The smallest absolute Gasteiger partial charge is 0.275 e. The van der Waals surface area contributed by atoms with Crippen LogP contribution in [0.25, 0.3) is 5.69 Å². The lowest BCUT2D eigenvalue weighted by Crippen LogP contribution is -2.25. The molecule has 2 aromatic carbocycles. The third kappa shape index (κ3) is 4.27. The molecule has 6 heteroatoms. The molecule has 0 aliphatic carbocycles. The second-order valence-corrected chi connectivity index (χ2v) is 5.79. The Bertz CT molecular complexity index is 861. The first-order valence-electron chi connectivity index (χ1n) is 8.48. The van der Waals surface area contributed by atoms with Gasteiger partial charge in [0.2, 0.25) is 0 Å². The van der Waals surface area contributed by atoms with Gasteiger partial charge in [-0.2, -0.15) is 5.10 Å².